The van der Waals surface area contributed by atoms with Crippen LogP contribution in [-0.4, -0.2) is 98.1 Å². The number of nitrogens with two attached hydrogens (primary N) is 1. The fourth-order valence-corrected chi connectivity index (χ4v) is 9.35. The molecule has 1 amide bonds. The molecule has 12 nitrogen and oxygen atoms in total. The van der Waals surface area contributed by atoms with Crippen LogP contribution >= 0.6 is 22.9 Å². The Morgan fingerprint density at radius 3 is 2.80 bits per heavy atom. The molecule has 5 aromatic rings. The number of carbonyl (C=O) groups is 1. The number of thiophene rings is 1. The molecule has 2 aromatic carbocycles. The van der Waals surface area contributed by atoms with Crippen molar-refractivity contribution < 1.29 is 31.5 Å². The zero-order chi connectivity index (χ0) is 38.2. The number of halogens is 6. The van der Waals surface area contributed by atoms with E-state index in [0.717, 1.165) is 47.8 Å². The molecule has 282 valence electrons. The van der Waals surface area contributed by atoms with E-state index in [0.29, 0.717) is 19.5 Å². The van der Waals surface area contributed by atoms with Crippen molar-refractivity contribution in [2.24, 2.45) is 5.92 Å². The standard InChI is InChI=1S/C35H32ClF5N10O2S/c1-16-17(12-50(16)34(52)51-15-44-31(47-51)29(40)41)11-48(2)32-20-8-22(36)25(19-4-5-23(38)28-24(19)21(10-42)30(43)54-28)26(39)27(20)45-33(46-32)53-14-35-6-3-7-49(35)13-18(37)9-35/h4-5,8,15-18,29H,3,6-7,9,11-14,43H2,1-2H3/t16-,17-,18-,35+/m1/s1. The number of hydrogen-bond donors (Lipinski definition) is 1. The van der Waals surface area contributed by atoms with Crippen LogP contribution in [0.4, 0.5) is 37.6 Å². The fourth-order valence-electron chi connectivity index (χ4n) is 8.11. The second-order valence-corrected chi connectivity index (χ2v) is 15.5. The Labute approximate surface area is 313 Å². The van der Waals surface area contributed by atoms with Gasteiger partial charge in [-0.25, -0.2) is 31.7 Å². The maximum absolute atomic E-state index is 17.1. The van der Waals surface area contributed by atoms with Gasteiger partial charge in [0.1, 0.15) is 47.3 Å². The van der Waals surface area contributed by atoms with Gasteiger partial charge in [-0.2, -0.15) is 19.9 Å². The minimum atomic E-state index is -2.92. The van der Waals surface area contributed by atoms with Crippen LogP contribution in [0.25, 0.3) is 32.1 Å². The largest absolute Gasteiger partial charge is 0.461 e. The summed E-state index contributed by atoms with van der Waals surface area (Å²) in [5, 5.41) is 13.8. The van der Waals surface area contributed by atoms with Crippen molar-refractivity contribution in [3.8, 4) is 23.2 Å². The molecule has 3 aliphatic rings. The predicted molar refractivity (Wildman–Crippen MR) is 192 cm³/mol. The van der Waals surface area contributed by atoms with Crippen LogP contribution in [0.5, 0.6) is 6.01 Å². The van der Waals surface area contributed by atoms with Crippen molar-refractivity contribution in [1.29, 1.82) is 5.26 Å². The normalized spacial score (nSPS) is 22.6. The lowest BCUT2D eigenvalue weighted by Gasteiger charge is -2.47. The lowest BCUT2D eigenvalue weighted by molar-refractivity contribution is 0.0640. The Balaban J connectivity index is 1.16. The van der Waals surface area contributed by atoms with Gasteiger partial charge in [-0.3, -0.25) is 4.90 Å². The number of rotatable bonds is 8. The Hall–Kier alpha value is -4.86. The minimum absolute atomic E-state index is 0.00396. The smallest absolute Gasteiger partial charge is 0.346 e. The summed E-state index contributed by atoms with van der Waals surface area (Å²) in [6.07, 6.45) is -1.07. The molecule has 3 fully saturated rings. The van der Waals surface area contributed by atoms with E-state index >= 15 is 4.39 Å². The number of fused-ring (bicyclic) bond motifs is 3. The molecule has 8 rings (SSSR count). The molecule has 3 aliphatic heterocycles. The van der Waals surface area contributed by atoms with Crippen LogP contribution in [0.2, 0.25) is 5.02 Å². The number of amides is 1. The molecule has 54 heavy (non-hydrogen) atoms. The number of nitrogen functional groups attached to an aromatic ring is 1. The number of aromatic nitrogens is 5. The quantitative estimate of drug-likeness (QED) is 0.167. The Morgan fingerprint density at radius 1 is 1.28 bits per heavy atom. The molecule has 19 heteroatoms. The second-order valence-electron chi connectivity index (χ2n) is 14.1. The van der Waals surface area contributed by atoms with Gasteiger partial charge < -0.3 is 20.3 Å². The van der Waals surface area contributed by atoms with Crippen LogP contribution < -0.4 is 15.4 Å². The maximum Gasteiger partial charge on any atom is 0.346 e. The molecule has 3 saturated heterocycles. The highest BCUT2D eigenvalue weighted by atomic mass is 35.5. The van der Waals surface area contributed by atoms with Crippen molar-refractivity contribution in [3.05, 3.63) is 52.6 Å². The number of nitrogens with zero attached hydrogens (tertiary/aromatic N) is 9. The summed E-state index contributed by atoms with van der Waals surface area (Å²) in [6, 6.07) is 4.89. The predicted octanol–water partition coefficient (Wildman–Crippen LogP) is 6.81. The van der Waals surface area contributed by atoms with E-state index in [1.807, 2.05) is 13.0 Å². The van der Waals surface area contributed by atoms with Crippen LogP contribution in [0.1, 0.15) is 44.0 Å². The Morgan fingerprint density at radius 2 is 2.07 bits per heavy atom. The van der Waals surface area contributed by atoms with Crippen LogP contribution in [0.15, 0.2) is 24.5 Å². The summed E-state index contributed by atoms with van der Waals surface area (Å²) in [5.41, 5.74) is 5.38. The third-order valence-electron chi connectivity index (χ3n) is 10.9. The lowest BCUT2D eigenvalue weighted by atomic mass is 9.89. The second kappa shape index (κ2) is 13.5. The van der Waals surface area contributed by atoms with Gasteiger partial charge in [-0.1, -0.05) is 17.7 Å². The third kappa shape index (κ3) is 5.84. The molecule has 0 unspecified atom stereocenters. The van der Waals surface area contributed by atoms with Crippen molar-refractivity contribution in [2.75, 3.05) is 50.5 Å². The SMILES string of the molecule is C[C@@H]1[C@H](CN(C)c2nc(OC[C@@]34CCCN3C[C@H](F)C4)nc3c(F)c(-c4ccc(F)c5sc(N)c(C#N)c45)c(Cl)cc23)CN1C(=O)n1cnc(C(F)F)n1. The Bertz CT molecular complexity index is 2370. The van der Waals surface area contributed by atoms with Crippen LogP contribution in [0, 0.1) is 28.9 Å². The number of nitriles is 1. The van der Waals surface area contributed by atoms with Crippen molar-refractivity contribution >= 4 is 60.8 Å². The third-order valence-corrected chi connectivity index (χ3v) is 12.2. The average molecular weight is 787 g/mol. The Kier molecular flexibility index (Phi) is 9.01. The lowest BCUT2D eigenvalue weighted by Crippen LogP contribution is -2.61. The van der Waals surface area contributed by atoms with Crippen LogP contribution in [0.3, 0.4) is 0 Å². The van der Waals surface area contributed by atoms with E-state index in [1.54, 1.807) is 11.9 Å². The molecule has 4 atom stereocenters. The number of anilines is 2. The summed E-state index contributed by atoms with van der Waals surface area (Å²) >= 11 is 7.70. The molecule has 6 heterocycles. The van der Waals surface area contributed by atoms with Gasteiger partial charge >= 0.3 is 12.0 Å². The van der Waals surface area contributed by atoms with Gasteiger partial charge in [0.2, 0.25) is 5.82 Å². The van der Waals surface area contributed by atoms with Gasteiger partial charge in [0, 0.05) is 61.4 Å². The number of benzene rings is 2. The minimum Gasteiger partial charge on any atom is -0.461 e. The summed E-state index contributed by atoms with van der Waals surface area (Å²) < 4.78 is 79.7. The van der Waals surface area contributed by atoms with Crippen molar-refractivity contribution in [3.63, 3.8) is 0 Å². The zero-order valence-corrected chi connectivity index (χ0v) is 30.4. The molecule has 0 radical (unpaired) electrons. The first-order valence-electron chi connectivity index (χ1n) is 17.1. The fraction of sp³-hybridized carbons (Fsp3) is 0.429. The average Bonchev–Trinajstić information content (AvgIpc) is 3.92. The van der Waals surface area contributed by atoms with Gasteiger partial charge in [-0.05, 0) is 44.0 Å². The first kappa shape index (κ1) is 36.1. The van der Waals surface area contributed by atoms with E-state index in [-0.39, 0.29) is 84.6 Å². The highest BCUT2D eigenvalue weighted by Crippen LogP contribution is 2.46. The molecule has 0 spiro atoms. The monoisotopic (exact) mass is 786 g/mol. The number of alkyl halides is 3. The number of ether oxygens (including phenoxy) is 1. The first-order valence-corrected chi connectivity index (χ1v) is 18.3. The summed E-state index contributed by atoms with van der Waals surface area (Å²) in [6.45, 7) is 3.50. The molecule has 0 aliphatic carbocycles. The topological polar surface area (TPSA) is 142 Å². The van der Waals surface area contributed by atoms with E-state index < -0.39 is 41.6 Å². The van der Waals surface area contributed by atoms with Gasteiger partial charge in [0.15, 0.2) is 5.82 Å². The van der Waals surface area contributed by atoms with Crippen molar-refractivity contribution in [1.82, 2.24) is 34.5 Å². The summed E-state index contributed by atoms with van der Waals surface area (Å²) in [7, 11) is 1.73. The first-order chi connectivity index (χ1) is 25.8. The van der Waals surface area contributed by atoms with Gasteiger partial charge in [0.25, 0.3) is 6.43 Å². The molecule has 0 bridgehead atoms. The molecule has 2 N–H and O–H groups in total. The van der Waals surface area contributed by atoms with Crippen molar-refractivity contribution in [2.45, 2.75) is 50.4 Å². The summed E-state index contributed by atoms with van der Waals surface area (Å²) in [4.78, 5) is 31.0. The summed E-state index contributed by atoms with van der Waals surface area (Å²) in [5.74, 6) is -2.11. The highest BCUT2D eigenvalue weighted by Gasteiger charge is 2.49. The zero-order valence-electron chi connectivity index (χ0n) is 28.9. The maximum atomic E-state index is 17.1. The molecule has 3 aromatic heterocycles. The van der Waals surface area contributed by atoms with Gasteiger partial charge in [-0.15, -0.1) is 16.4 Å². The number of likely N-dealkylation sites (tertiary alicyclic amines) is 1. The van der Waals surface area contributed by atoms with E-state index in [9.17, 15) is 27.6 Å². The van der Waals surface area contributed by atoms with E-state index in [4.69, 9.17) is 27.1 Å². The number of carbonyl (C=O) groups excluding carboxylic acids is 1. The molecular weight excluding hydrogens is 755 g/mol. The van der Waals surface area contributed by atoms with E-state index in [1.165, 1.54) is 17.0 Å². The highest BCUT2D eigenvalue weighted by molar-refractivity contribution is 7.23. The van der Waals surface area contributed by atoms with Crippen LogP contribution in [-0.2, 0) is 0 Å². The number of hydrogen-bond acceptors (Lipinski definition) is 11. The van der Waals surface area contributed by atoms with E-state index in [2.05, 4.69) is 20.0 Å². The molecular formula is C35H32ClF5N10O2S. The molecule has 0 saturated carbocycles. The van der Waals surface area contributed by atoms with Gasteiger partial charge in [0.05, 0.1) is 20.8 Å².